The molecule has 5 rings (SSSR count). The van der Waals surface area contributed by atoms with Crippen LogP contribution in [0.4, 0.5) is 4.39 Å². The molecule has 180 valence electrons. The first-order valence-electron chi connectivity index (χ1n) is 11.7. The molecule has 1 aliphatic rings. The van der Waals surface area contributed by atoms with Gasteiger partial charge in [0, 0.05) is 23.6 Å². The van der Waals surface area contributed by atoms with Gasteiger partial charge in [-0.05, 0) is 76.7 Å². The molecule has 0 radical (unpaired) electrons. The molecule has 0 amide bonds. The maximum Gasteiger partial charge on any atom is 0.346 e. The standard InChI is InChI=1S/C28H25ClFNO4/c1-3-4-10-34-35-25(32)15-20-16(2)12-18-13-22(29)23(30)14-21(18)27(20)19-5-6-24-26-17(8-11-33-24)7-9-31-28(19)26/h5-7,9,12-14H,3-4,8,10-11,15H2,1-2H3. The lowest BCUT2D eigenvalue weighted by molar-refractivity contribution is -0.272. The molecule has 35 heavy (non-hydrogen) atoms. The summed E-state index contributed by atoms with van der Waals surface area (Å²) in [5.41, 5.74) is 4.99. The summed E-state index contributed by atoms with van der Waals surface area (Å²) in [6, 6.07) is 10.8. The largest absolute Gasteiger partial charge is 0.493 e. The van der Waals surface area contributed by atoms with Crippen molar-refractivity contribution in [3.63, 3.8) is 0 Å². The first kappa shape index (κ1) is 23.5. The molecule has 1 aromatic heterocycles. The summed E-state index contributed by atoms with van der Waals surface area (Å²) in [6.07, 6.45) is 4.25. The highest BCUT2D eigenvalue weighted by Gasteiger charge is 2.23. The van der Waals surface area contributed by atoms with E-state index < -0.39 is 11.8 Å². The number of rotatable bonds is 7. The van der Waals surface area contributed by atoms with E-state index in [1.807, 2.05) is 38.1 Å². The fraction of sp³-hybridized carbons (Fsp3) is 0.286. The lowest BCUT2D eigenvalue weighted by atomic mass is 9.86. The fourth-order valence-corrected chi connectivity index (χ4v) is 4.87. The third-order valence-corrected chi connectivity index (χ3v) is 6.69. The van der Waals surface area contributed by atoms with Crippen molar-refractivity contribution in [2.45, 2.75) is 39.5 Å². The van der Waals surface area contributed by atoms with Crippen LogP contribution >= 0.6 is 11.6 Å². The summed E-state index contributed by atoms with van der Waals surface area (Å²) in [6.45, 7) is 4.90. The first-order chi connectivity index (χ1) is 17.0. The quantitative estimate of drug-likeness (QED) is 0.159. The van der Waals surface area contributed by atoms with Gasteiger partial charge in [-0.25, -0.2) is 9.18 Å². The Balaban J connectivity index is 1.72. The highest BCUT2D eigenvalue weighted by atomic mass is 35.5. The van der Waals surface area contributed by atoms with E-state index in [1.54, 1.807) is 12.3 Å². The van der Waals surface area contributed by atoms with Gasteiger partial charge in [0.15, 0.2) is 0 Å². The van der Waals surface area contributed by atoms with Crippen molar-refractivity contribution in [3.05, 3.63) is 70.1 Å². The molecule has 3 aromatic carbocycles. The highest BCUT2D eigenvalue weighted by molar-refractivity contribution is 6.31. The van der Waals surface area contributed by atoms with Crippen LogP contribution in [0.2, 0.25) is 5.02 Å². The third kappa shape index (κ3) is 4.44. The maximum absolute atomic E-state index is 14.7. The number of aromatic nitrogens is 1. The van der Waals surface area contributed by atoms with Crippen LogP contribution in [0.3, 0.4) is 0 Å². The normalized spacial score (nSPS) is 12.7. The van der Waals surface area contributed by atoms with Gasteiger partial charge in [-0.2, -0.15) is 4.89 Å². The molecule has 1 aliphatic heterocycles. The van der Waals surface area contributed by atoms with Crippen molar-refractivity contribution in [3.8, 4) is 16.9 Å². The summed E-state index contributed by atoms with van der Waals surface area (Å²) in [5, 5.41) is 2.41. The van der Waals surface area contributed by atoms with E-state index in [0.29, 0.717) is 18.6 Å². The second kappa shape index (κ2) is 9.80. The fourth-order valence-electron chi connectivity index (χ4n) is 4.70. The van der Waals surface area contributed by atoms with Crippen molar-refractivity contribution in [2.75, 3.05) is 13.2 Å². The Morgan fingerprint density at radius 2 is 2.09 bits per heavy atom. The van der Waals surface area contributed by atoms with Crippen molar-refractivity contribution in [1.82, 2.24) is 4.98 Å². The molecule has 0 saturated carbocycles. The minimum absolute atomic E-state index is 0.0348. The molecule has 0 aliphatic carbocycles. The monoisotopic (exact) mass is 493 g/mol. The number of benzene rings is 3. The average Bonchev–Trinajstić information content (AvgIpc) is 2.85. The molecule has 5 nitrogen and oxygen atoms in total. The summed E-state index contributed by atoms with van der Waals surface area (Å²) < 4.78 is 20.6. The Labute approximate surface area is 207 Å². The summed E-state index contributed by atoms with van der Waals surface area (Å²) >= 11 is 6.11. The molecule has 0 spiro atoms. The van der Waals surface area contributed by atoms with Crippen LogP contribution in [0, 0.1) is 12.7 Å². The number of nitrogens with zero attached hydrogens (tertiary/aromatic N) is 1. The smallest absolute Gasteiger partial charge is 0.346 e. The average molecular weight is 494 g/mol. The molecular weight excluding hydrogens is 469 g/mol. The molecule has 7 heteroatoms. The zero-order valence-corrected chi connectivity index (χ0v) is 20.4. The van der Waals surface area contributed by atoms with Crippen molar-refractivity contribution >= 4 is 39.2 Å². The number of unbranched alkanes of at least 4 members (excludes halogenated alkanes) is 1. The second-order valence-corrected chi connectivity index (χ2v) is 9.15. The van der Waals surface area contributed by atoms with Gasteiger partial charge in [-0.15, -0.1) is 0 Å². The number of aryl methyl sites for hydroxylation is 1. The van der Waals surface area contributed by atoms with E-state index in [2.05, 4.69) is 4.98 Å². The van der Waals surface area contributed by atoms with E-state index >= 15 is 0 Å². The minimum atomic E-state index is -0.528. The van der Waals surface area contributed by atoms with E-state index in [4.69, 9.17) is 26.1 Å². The van der Waals surface area contributed by atoms with Gasteiger partial charge in [-0.1, -0.05) is 31.0 Å². The van der Waals surface area contributed by atoms with E-state index in [9.17, 15) is 9.18 Å². The number of pyridine rings is 1. The van der Waals surface area contributed by atoms with Crippen LogP contribution in [-0.4, -0.2) is 24.2 Å². The van der Waals surface area contributed by atoms with E-state index in [-0.39, 0.29) is 11.4 Å². The van der Waals surface area contributed by atoms with E-state index in [1.165, 1.54) is 6.07 Å². The topological polar surface area (TPSA) is 57.7 Å². The predicted octanol–water partition coefficient (Wildman–Crippen LogP) is 6.91. The van der Waals surface area contributed by atoms with Crippen molar-refractivity contribution in [2.24, 2.45) is 0 Å². The number of hydrogen-bond donors (Lipinski definition) is 0. The SMILES string of the molecule is CCCCOOC(=O)Cc1c(C)cc2cc(Cl)c(F)cc2c1-c1ccc2c3c(ccnc13)CCO2. The van der Waals surface area contributed by atoms with Gasteiger partial charge >= 0.3 is 5.97 Å². The molecule has 0 saturated heterocycles. The summed E-state index contributed by atoms with van der Waals surface area (Å²) in [4.78, 5) is 27.5. The Morgan fingerprint density at radius 1 is 1.23 bits per heavy atom. The number of halogens is 2. The Kier molecular flexibility index (Phi) is 6.58. The van der Waals surface area contributed by atoms with Crippen LogP contribution in [0.5, 0.6) is 5.75 Å². The highest BCUT2D eigenvalue weighted by Crippen LogP contribution is 2.43. The molecule has 4 aromatic rings. The summed E-state index contributed by atoms with van der Waals surface area (Å²) in [7, 11) is 0. The maximum atomic E-state index is 14.7. The van der Waals surface area contributed by atoms with Gasteiger partial charge < -0.3 is 4.74 Å². The Bertz CT molecular complexity index is 1440. The third-order valence-electron chi connectivity index (χ3n) is 6.40. The first-order valence-corrected chi connectivity index (χ1v) is 12.1. The number of hydrogen-bond acceptors (Lipinski definition) is 5. The van der Waals surface area contributed by atoms with Gasteiger partial charge in [0.05, 0.1) is 30.2 Å². The van der Waals surface area contributed by atoms with Gasteiger partial charge in [0.1, 0.15) is 11.6 Å². The molecule has 0 bridgehead atoms. The number of carbonyl (C=O) groups is 1. The second-order valence-electron chi connectivity index (χ2n) is 8.75. The molecule has 2 heterocycles. The molecule has 0 N–H and O–H groups in total. The van der Waals surface area contributed by atoms with Crippen molar-refractivity contribution in [1.29, 1.82) is 0 Å². The van der Waals surface area contributed by atoms with Gasteiger partial charge in [0.2, 0.25) is 0 Å². The molecule has 0 unspecified atom stereocenters. The molecule has 0 atom stereocenters. The van der Waals surface area contributed by atoms with Crippen LogP contribution in [0.25, 0.3) is 32.8 Å². The zero-order chi connectivity index (χ0) is 24.5. The van der Waals surface area contributed by atoms with Gasteiger partial charge in [-0.3, -0.25) is 9.87 Å². The zero-order valence-electron chi connectivity index (χ0n) is 19.6. The lowest BCUT2D eigenvalue weighted by Crippen LogP contribution is -2.12. The van der Waals surface area contributed by atoms with Crippen molar-refractivity contribution < 1.29 is 23.7 Å². The minimum Gasteiger partial charge on any atom is -0.493 e. The number of ether oxygens (including phenoxy) is 1. The lowest BCUT2D eigenvalue weighted by Gasteiger charge is -2.22. The van der Waals surface area contributed by atoms with Gasteiger partial charge in [0.25, 0.3) is 0 Å². The number of carbonyl (C=O) groups excluding carboxylic acids is 1. The van der Waals surface area contributed by atoms with Crippen LogP contribution < -0.4 is 4.74 Å². The van der Waals surface area contributed by atoms with Crippen LogP contribution in [0.1, 0.15) is 36.5 Å². The molecule has 0 fully saturated rings. The summed E-state index contributed by atoms with van der Waals surface area (Å²) in [5.74, 6) is -0.271. The van der Waals surface area contributed by atoms with Crippen LogP contribution in [-0.2, 0) is 27.4 Å². The molecular formula is C28H25ClFNO4. The van der Waals surface area contributed by atoms with Crippen LogP contribution in [0.15, 0.2) is 42.6 Å². The Morgan fingerprint density at radius 3 is 2.91 bits per heavy atom. The van der Waals surface area contributed by atoms with E-state index in [0.717, 1.165) is 69.1 Å². The number of fused-ring (bicyclic) bond motifs is 1. The Hall–Kier alpha value is -3.22. The predicted molar refractivity (Wildman–Crippen MR) is 134 cm³/mol.